The van der Waals surface area contributed by atoms with Crippen molar-refractivity contribution in [3.05, 3.63) is 53.1 Å². The summed E-state index contributed by atoms with van der Waals surface area (Å²) in [6, 6.07) is 11.3. The lowest BCUT2D eigenvalue weighted by atomic mass is 10.1. The van der Waals surface area contributed by atoms with Crippen LogP contribution >= 0.6 is 0 Å². The first-order valence-electron chi connectivity index (χ1n) is 7.97. The van der Waals surface area contributed by atoms with Crippen molar-refractivity contribution in [1.82, 2.24) is 0 Å². The number of nitrogens with one attached hydrogen (secondary N) is 1. The Morgan fingerprint density at radius 2 is 2.00 bits per heavy atom. The van der Waals surface area contributed by atoms with Crippen molar-refractivity contribution in [2.45, 2.75) is 20.8 Å². The number of fused-ring (bicyclic) bond motifs is 1. The molecule has 0 saturated heterocycles. The van der Waals surface area contributed by atoms with Crippen LogP contribution in [0.2, 0.25) is 0 Å². The molecule has 1 aliphatic heterocycles. The van der Waals surface area contributed by atoms with E-state index in [0.717, 1.165) is 22.4 Å². The van der Waals surface area contributed by atoms with Gasteiger partial charge < -0.3 is 19.6 Å². The zero-order chi connectivity index (χ0) is 17.8. The zero-order valence-corrected chi connectivity index (χ0v) is 14.5. The summed E-state index contributed by atoms with van der Waals surface area (Å²) in [6.07, 6.45) is 0. The molecule has 3 rings (SSSR count). The van der Waals surface area contributed by atoms with Gasteiger partial charge in [0.05, 0.1) is 5.71 Å². The normalized spacial score (nSPS) is 12.8. The fourth-order valence-corrected chi connectivity index (χ4v) is 2.43. The second kappa shape index (κ2) is 7.25. The van der Waals surface area contributed by atoms with Crippen LogP contribution < -0.4 is 14.8 Å². The first kappa shape index (κ1) is 16.8. The van der Waals surface area contributed by atoms with E-state index in [4.69, 9.17) is 14.3 Å². The predicted molar refractivity (Wildman–Crippen MR) is 95.3 cm³/mol. The minimum Gasteiger partial charge on any atom is -0.454 e. The lowest BCUT2D eigenvalue weighted by Gasteiger charge is -2.10. The molecule has 0 unspecified atom stereocenters. The summed E-state index contributed by atoms with van der Waals surface area (Å²) >= 11 is 0. The third kappa shape index (κ3) is 3.91. The van der Waals surface area contributed by atoms with Gasteiger partial charge in [-0.25, -0.2) is 0 Å². The number of rotatable bonds is 5. The third-order valence-corrected chi connectivity index (χ3v) is 4.07. The number of amides is 1. The summed E-state index contributed by atoms with van der Waals surface area (Å²) in [6.45, 7) is 5.84. The Morgan fingerprint density at radius 1 is 1.20 bits per heavy atom. The molecule has 0 radical (unpaired) electrons. The molecule has 2 aromatic rings. The highest BCUT2D eigenvalue weighted by atomic mass is 16.7. The van der Waals surface area contributed by atoms with Gasteiger partial charge in [-0.15, -0.1) is 0 Å². The monoisotopic (exact) mass is 340 g/mol. The Hall–Kier alpha value is -3.02. The van der Waals surface area contributed by atoms with Gasteiger partial charge in [0.1, 0.15) is 0 Å². The van der Waals surface area contributed by atoms with Crippen LogP contribution in [-0.4, -0.2) is 25.0 Å². The Morgan fingerprint density at radius 3 is 2.84 bits per heavy atom. The Kier molecular flexibility index (Phi) is 4.88. The largest absolute Gasteiger partial charge is 0.454 e. The second-order valence-corrected chi connectivity index (χ2v) is 5.81. The number of nitrogens with zero attached hydrogens (tertiary/aromatic N) is 1. The van der Waals surface area contributed by atoms with E-state index >= 15 is 0 Å². The molecule has 1 N–H and O–H groups in total. The molecule has 0 bridgehead atoms. The average Bonchev–Trinajstić information content (AvgIpc) is 3.06. The van der Waals surface area contributed by atoms with Crippen LogP contribution in [0.5, 0.6) is 11.5 Å². The number of anilines is 1. The minimum atomic E-state index is -0.254. The summed E-state index contributed by atoms with van der Waals surface area (Å²) in [5, 5.41) is 6.83. The highest BCUT2D eigenvalue weighted by Crippen LogP contribution is 2.32. The number of benzene rings is 2. The number of oxime groups is 1. The molecular formula is C19H20N2O4. The van der Waals surface area contributed by atoms with Crippen molar-refractivity contribution >= 4 is 17.3 Å². The summed E-state index contributed by atoms with van der Waals surface area (Å²) in [5.74, 6) is 1.14. The fourth-order valence-electron chi connectivity index (χ4n) is 2.43. The number of ether oxygens (including phenoxy) is 2. The van der Waals surface area contributed by atoms with Crippen LogP contribution in [0.3, 0.4) is 0 Å². The lowest BCUT2D eigenvalue weighted by Crippen LogP contribution is -2.18. The van der Waals surface area contributed by atoms with Gasteiger partial charge in [-0.2, -0.15) is 0 Å². The van der Waals surface area contributed by atoms with Gasteiger partial charge in [0, 0.05) is 11.3 Å². The smallest absolute Gasteiger partial charge is 0.265 e. The molecule has 0 saturated carbocycles. The second-order valence-electron chi connectivity index (χ2n) is 5.81. The summed E-state index contributed by atoms with van der Waals surface area (Å²) in [7, 11) is 0. The topological polar surface area (TPSA) is 69.2 Å². The SMILES string of the molecule is C/C(=N\OCC(=O)Nc1cccc(C)c1C)c1ccc2c(c1)OCO2. The van der Waals surface area contributed by atoms with E-state index in [-0.39, 0.29) is 19.3 Å². The molecule has 25 heavy (non-hydrogen) atoms. The van der Waals surface area contributed by atoms with E-state index in [0.29, 0.717) is 17.2 Å². The molecule has 0 aliphatic carbocycles. The standard InChI is InChI=1S/C19H20N2O4/c1-12-5-4-6-16(13(12)2)20-19(22)10-25-21-14(3)15-7-8-17-18(9-15)24-11-23-17/h4-9H,10-11H2,1-3H3,(H,20,22)/b21-14+. The molecule has 1 aliphatic rings. The van der Waals surface area contributed by atoms with E-state index in [1.807, 2.05) is 50.2 Å². The summed E-state index contributed by atoms with van der Waals surface area (Å²) in [4.78, 5) is 17.2. The van der Waals surface area contributed by atoms with Crippen LogP contribution in [0.1, 0.15) is 23.6 Å². The van der Waals surface area contributed by atoms with E-state index in [1.54, 1.807) is 6.92 Å². The van der Waals surface area contributed by atoms with Crippen molar-refractivity contribution in [1.29, 1.82) is 0 Å². The van der Waals surface area contributed by atoms with Crippen LogP contribution in [0.15, 0.2) is 41.6 Å². The molecule has 0 atom stereocenters. The van der Waals surface area contributed by atoms with Gasteiger partial charge in [0.25, 0.3) is 5.91 Å². The fraction of sp³-hybridized carbons (Fsp3) is 0.263. The van der Waals surface area contributed by atoms with Gasteiger partial charge in [0.2, 0.25) is 6.79 Å². The van der Waals surface area contributed by atoms with Gasteiger partial charge in [-0.1, -0.05) is 17.3 Å². The molecule has 0 aromatic heterocycles. The van der Waals surface area contributed by atoms with E-state index in [9.17, 15) is 4.79 Å². The van der Waals surface area contributed by atoms with Crippen molar-refractivity contribution < 1.29 is 19.1 Å². The van der Waals surface area contributed by atoms with Gasteiger partial charge >= 0.3 is 0 Å². The summed E-state index contributed by atoms with van der Waals surface area (Å²) < 4.78 is 10.6. The quantitative estimate of drug-likeness (QED) is 0.669. The number of hydrogen-bond acceptors (Lipinski definition) is 5. The zero-order valence-electron chi connectivity index (χ0n) is 14.5. The maximum Gasteiger partial charge on any atom is 0.265 e. The van der Waals surface area contributed by atoms with Crippen molar-refractivity contribution in [2.75, 3.05) is 18.7 Å². The molecule has 6 nitrogen and oxygen atoms in total. The Bertz CT molecular complexity index is 830. The molecule has 0 fully saturated rings. The van der Waals surface area contributed by atoms with Crippen molar-refractivity contribution in [2.24, 2.45) is 5.16 Å². The van der Waals surface area contributed by atoms with E-state index in [2.05, 4.69) is 10.5 Å². The highest BCUT2D eigenvalue weighted by molar-refractivity contribution is 5.99. The molecule has 6 heteroatoms. The molecule has 130 valence electrons. The maximum absolute atomic E-state index is 12.0. The number of carbonyl (C=O) groups excluding carboxylic acids is 1. The average molecular weight is 340 g/mol. The van der Waals surface area contributed by atoms with Crippen LogP contribution in [0.4, 0.5) is 5.69 Å². The van der Waals surface area contributed by atoms with Crippen LogP contribution in [-0.2, 0) is 9.63 Å². The number of hydrogen-bond donors (Lipinski definition) is 1. The highest BCUT2D eigenvalue weighted by Gasteiger charge is 2.14. The van der Waals surface area contributed by atoms with Gasteiger partial charge in [-0.05, 0) is 56.2 Å². The first-order chi connectivity index (χ1) is 12.0. The minimum absolute atomic E-state index is 0.157. The number of carbonyl (C=O) groups is 1. The van der Waals surface area contributed by atoms with Crippen molar-refractivity contribution in [3.63, 3.8) is 0 Å². The van der Waals surface area contributed by atoms with Crippen molar-refractivity contribution in [3.8, 4) is 11.5 Å². The first-order valence-corrected chi connectivity index (χ1v) is 7.97. The van der Waals surface area contributed by atoms with E-state index in [1.165, 1.54) is 0 Å². The van der Waals surface area contributed by atoms with Gasteiger partial charge in [-0.3, -0.25) is 4.79 Å². The van der Waals surface area contributed by atoms with E-state index < -0.39 is 0 Å². The molecule has 1 heterocycles. The maximum atomic E-state index is 12.0. The predicted octanol–water partition coefficient (Wildman–Crippen LogP) is 3.41. The van der Waals surface area contributed by atoms with Gasteiger partial charge in [0.15, 0.2) is 18.1 Å². The van der Waals surface area contributed by atoms with Crippen LogP contribution in [0, 0.1) is 13.8 Å². The Labute approximate surface area is 146 Å². The lowest BCUT2D eigenvalue weighted by molar-refractivity contribution is -0.120. The molecule has 2 aromatic carbocycles. The molecule has 1 amide bonds. The Balaban J connectivity index is 1.57. The molecule has 0 spiro atoms. The van der Waals surface area contributed by atoms with Crippen LogP contribution in [0.25, 0.3) is 0 Å². The molecular weight excluding hydrogens is 320 g/mol. The third-order valence-electron chi connectivity index (χ3n) is 4.07. The summed E-state index contributed by atoms with van der Waals surface area (Å²) in [5.41, 5.74) is 4.44. The number of aryl methyl sites for hydroxylation is 1.